The van der Waals surface area contributed by atoms with Crippen LogP contribution in [-0.2, 0) is 6.54 Å². The van der Waals surface area contributed by atoms with E-state index in [-0.39, 0.29) is 5.88 Å². The third-order valence-corrected chi connectivity index (χ3v) is 2.93. The minimum atomic E-state index is -0.565. The average Bonchev–Trinajstić information content (AvgIpc) is 2.94. The van der Waals surface area contributed by atoms with E-state index in [4.69, 9.17) is 11.6 Å². The lowest BCUT2D eigenvalue weighted by Crippen LogP contribution is -2.20. The smallest absolute Gasteiger partial charge is 0.204 e. The van der Waals surface area contributed by atoms with Gasteiger partial charge in [-0.15, -0.1) is 21.8 Å². The lowest BCUT2D eigenvalue weighted by atomic mass is 10.2. The van der Waals surface area contributed by atoms with E-state index < -0.39 is 6.10 Å². The number of aliphatic hydroxyl groups is 1. The van der Waals surface area contributed by atoms with Gasteiger partial charge in [0.25, 0.3) is 0 Å². The number of benzene rings is 1. The summed E-state index contributed by atoms with van der Waals surface area (Å²) in [5, 5.41) is 24.7. The molecule has 0 aliphatic carbocycles. The highest BCUT2D eigenvalue weighted by Gasteiger charge is 2.06. The molecule has 0 saturated carbocycles. The minimum Gasteiger partial charge on any atom is -0.390 e. The van der Waals surface area contributed by atoms with Gasteiger partial charge in [-0.25, -0.2) is 0 Å². The lowest BCUT2D eigenvalue weighted by Gasteiger charge is -2.10. The van der Waals surface area contributed by atoms with Crippen molar-refractivity contribution in [3.8, 4) is 11.4 Å². The molecule has 0 radical (unpaired) electrons. The molecule has 7 heteroatoms. The van der Waals surface area contributed by atoms with Gasteiger partial charge in [-0.1, -0.05) is 12.1 Å². The molecule has 102 valence electrons. The number of alkyl halides is 1. The summed E-state index contributed by atoms with van der Waals surface area (Å²) in [7, 11) is 0. The second kappa shape index (κ2) is 6.49. The Morgan fingerprint density at radius 1 is 1.47 bits per heavy atom. The summed E-state index contributed by atoms with van der Waals surface area (Å²) >= 11 is 5.54. The molecule has 0 saturated heterocycles. The SMILES string of the molecule is CCn1nnc(-c2cccc(NCC(O)CCl)c2)n1. The third-order valence-electron chi connectivity index (χ3n) is 2.58. The van der Waals surface area contributed by atoms with Crippen molar-refractivity contribution in [3.63, 3.8) is 0 Å². The van der Waals surface area contributed by atoms with Crippen molar-refractivity contribution in [2.75, 3.05) is 17.7 Å². The number of aromatic nitrogens is 4. The largest absolute Gasteiger partial charge is 0.390 e. The fourth-order valence-electron chi connectivity index (χ4n) is 1.55. The van der Waals surface area contributed by atoms with Gasteiger partial charge in [0, 0.05) is 17.8 Å². The highest BCUT2D eigenvalue weighted by molar-refractivity contribution is 6.18. The Hall–Kier alpha value is -1.66. The molecule has 1 unspecified atom stereocenters. The van der Waals surface area contributed by atoms with Crippen molar-refractivity contribution in [2.24, 2.45) is 0 Å². The molecule has 6 nitrogen and oxygen atoms in total. The van der Waals surface area contributed by atoms with Crippen molar-refractivity contribution in [2.45, 2.75) is 19.6 Å². The van der Waals surface area contributed by atoms with Crippen LogP contribution >= 0.6 is 11.6 Å². The molecule has 0 spiro atoms. The van der Waals surface area contributed by atoms with E-state index in [1.54, 1.807) is 0 Å². The first-order valence-electron chi connectivity index (χ1n) is 6.09. The van der Waals surface area contributed by atoms with Crippen LogP contribution in [0, 0.1) is 0 Å². The van der Waals surface area contributed by atoms with Crippen molar-refractivity contribution in [3.05, 3.63) is 24.3 Å². The van der Waals surface area contributed by atoms with Crippen LogP contribution in [0.25, 0.3) is 11.4 Å². The molecule has 19 heavy (non-hydrogen) atoms. The van der Waals surface area contributed by atoms with Gasteiger partial charge in [-0.2, -0.15) is 4.80 Å². The van der Waals surface area contributed by atoms with Crippen molar-refractivity contribution >= 4 is 17.3 Å². The minimum absolute atomic E-state index is 0.207. The van der Waals surface area contributed by atoms with Gasteiger partial charge < -0.3 is 10.4 Å². The molecule has 2 aromatic rings. The first kappa shape index (κ1) is 13.8. The fraction of sp³-hybridized carbons (Fsp3) is 0.417. The quantitative estimate of drug-likeness (QED) is 0.782. The molecule has 0 aliphatic heterocycles. The van der Waals surface area contributed by atoms with E-state index in [1.165, 1.54) is 4.80 Å². The second-order valence-corrected chi connectivity index (χ2v) is 4.38. The summed E-state index contributed by atoms with van der Waals surface area (Å²) < 4.78 is 0. The van der Waals surface area contributed by atoms with Crippen LogP contribution in [0.2, 0.25) is 0 Å². The van der Waals surface area contributed by atoms with E-state index in [9.17, 15) is 5.11 Å². The Labute approximate surface area is 116 Å². The number of aliphatic hydroxyl groups excluding tert-OH is 1. The van der Waals surface area contributed by atoms with Crippen LogP contribution in [0.3, 0.4) is 0 Å². The van der Waals surface area contributed by atoms with E-state index >= 15 is 0 Å². The van der Waals surface area contributed by atoms with Crippen molar-refractivity contribution < 1.29 is 5.11 Å². The average molecular weight is 282 g/mol. The van der Waals surface area contributed by atoms with Crippen LogP contribution in [0.5, 0.6) is 0 Å². The maximum absolute atomic E-state index is 9.41. The second-order valence-electron chi connectivity index (χ2n) is 4.07. The number of hydrogen-bond donors (Lipinski definition) is 2. The summed E-state index contributed by atoms with van der Waals surface area (Å²) in [5.74, 6) is 0.794. The first-order chi connectivity index (χ1) is 9.22. The van der Waals surface area contributed by atoms with Gasteiger partial charge in [0.1, 0.15) is 0 Å². The number of aryl methyl sites for hydroxylation is 1. The zero-order chi connectivity index (χ0) is 13.7. The summed E-state index contributed by atoms with van der Waals surface area (Å²) in [6, 6.07) is 7.64. The van der Waals surface area contributed by atoms with Crippen molar-refractivity contribution in [1.82, 2.24) is 20.2 Å². The van der Waals surface area contributed by atoms with Crippen molar-refractivity contribution in [1.29, 1.82) is 0 Å². The number of tetrazole rings is 1. The van der Waals surface area contributed by atoms with Crippen LogP contribution in [0.4, 0.5) is 5.69 Å². The van der Waals surface area contributed by atoms with E-state index in [1.807, 2.05) is 31.2 Å². The van der Waals surface area contributed by atoms with Crippen LogP contribution < -0.4 is 5.32 Å². The predicted molar refractivity (Wildman–Crippen MR) is 74.1 cm³/mol. The Bertz CT molecular complexity index is 530. The molecule has 1 heterocycles. The van der Waals surface area contributed by atoms with Gasteiger partial charge in [0.05, 0.1) is 18.5 Å². The third kappa shape index (κ3) is 3.65. The summed E-state index contributed by atoms with van der Waals surface area (Å²) in [6.07, 6.45) is -0.565. The molecule has 2 N–H and O–H groups in total. The molecule has 0 fully saturated rings. The number of nitrogens with zero attached hydrogens (tertiary/aromatic N) is 4. The molecular formula is C12H16ClN5O. The topological polar surface area (TPSA) is 75.9 Å². The van der Waals surface area contributed by atoms with Crippen LogP contribution in [0.1, 0.15) is 6.92 Å². The number of halogens is 1. The summed E-state index contributed by atoms with van der Waals surface area (Å²) in [4.78, 5) is 1.53. The zero-order valence-electron chi connectivity index (χ0n) is 10.6. The normalized spacial score (nSPS) is 12.4. The monoisotopic (exact) mass is 281 g/mol. The van der Waals surface area contributed by atoms with Gasteiger partial charge in [-0.3, -0.25) is 0 Å². The Morgan fingerprint density at radius 3 is 3.00 bits per heavy atom. The predicted octanol–water partition coefficient (Wildman–Crippen LogP) is 1.37. The number of nitrogens with one attached hydrogen (secondary N) is 1. The van der Waals surface area contributed by atoms with E-state index in [2.05, 4.69) is 20.7 Å². The van der Waals surface area contributed by atoms with Gasteiger partial charge in [0.2, 0.25) is 5.82 Å². The summed E-state index contributed by atoms with van der Waals surface area (Å²) in [5.41, 5.74) is 1.76. The molecule has 2 rings (SSSR count). The maximum atomic E-state index is 9.41. The van der Waals surface area contributed by atoms with Crippen LogP contribution in [-0.4, -0.2) is 43.8 Å². The number of hydrogen-bond acceptors (Lipinski definition) is 5. The molecule has 1 aromatic heterocycles. The van der Waals surface area contributed by atoms with Gasteiger partial charge >= 0.3 is 0 Å². The first-order valence-corrected chi connectivity index (χ1v) is 6.62. The highest BCUT2D eigenvalue weighted by Crippen LogP contribution is 2.18. The molecule has 0 aliphatic rings. The van der Waals surface area contributed by atoms with E-state index in [0.29, 0.717) is 18.9 Å². The molecule has 0 amide bonds. The molecule has 1 atom stereocenters. The highest BCUT2D eigenvalue weighted by atomic mass is 35.5. The standard InChI is InChI=1S/C12H16ClN5O/c1-2-18-16-12(15-17-18)9-4-3-5-10(6-9)14-8-11(19)7-13/h3-6,11,14,19H,2,7-8H2,1H3. The molecule has 1 aromatic carbocycles. The van der Waals surface area contributed by atoms with Gasteiger partial charge in [-0.05, 0) is 24.3 Å². The fourth-order valence-corrected chi connectivity index (χ4v) is 1.66. The summed E-state index contributed by atoms with van der Waals surface area (Å²) in [6.45, 7) is 3.05. The van der Waals surface area contributed by atoms with Gasteiger partial charge in [0.15, 0.2) is 0 Å². The molecule has 0 bridgehead atoms. The maximum Gasteiger partial charge on any atom is 0.204 e. The van der Waals surface area contributed by atoms with E-state index in [0.717, 1.165) is 11.3 Å². The zero-order valence-corrected chi connectivity index (χ0v) is 11.4. The number of rotatable bonds is 6. The Kier molecular flexibility index (Phi) is 4.70. The lowest BCUT2D eigenvalue weighted by molar-refractivity contribution is 0.211. The Balaban J connectivity index is 2.10. The Morgan fingerprint density at radius 2 is 2.32 bits per heavy atom. The number of anilines is 1. The van der Waals surface area contributed by atoms with Crippen LogP contribution in [0.15, 0.2) is 24.3 Å². The molecular weight excluding hydrogens is 266 g/mol.